The first-order chi connectivity index (χ1) is 9.06. The Labute approximate surface area is 122 Å². The molecular formula is C14H20BrN3O. The van der Waals surface area contributed by atoms with Crippen LogP contribution in [0.4, 0.5) is 0 Å². The number of amides is 1. The lowest BCUT2D eigenvalue weighted by atomic mass is 10.1. The third-order valence-electron chi connectivity index (χ3n) is 3.46. The van der Waals surface area contributed by atoms with Crippen LogP contribution in [-0.4, -0.2) is 43.5 Å². The van der Waals surface area contributed by atoms with Crippen LogP contribution in [0.1, 0.15) is 11.1 Å². The van der Waals surface area contributed by atoms with Crippen LogP contribution in [0.3, 0.4) is 0 Å². The molecule has 1 saturated heterocycles. The third-order valence-corrected chi connectivity index (χ3v) is 3.95. The van der Waals surface area contributed by atoms with Crippen molar-refractivity contribution in [3.05, 3.63) is 33.8 Å². The van der Waals surface area contributed by atoms with E-state index < -0.39 is 0 Å². The van der Waals surface area contributed by atoms with E-state index in [0.29, 0.717) is 6.54 Å². The van der Waals surface area contributed by atoms with Gasteiger partial charge in [-0.25, -0.2) is 0 Å². The number of rotatable bonds is 3. The van der Waals surface area contributed by atoms with E-state index in [1.807, 2.05) is 13.1 Å². The topological polar surface area (TPSA) is 44.4 Å². The van der Waals surface area contributed by atoms with E-state index in [1.165, 1.54) is 5.56 Å². The number of benzene rings is 1. The van der Waals surface area contributed by atoms with E-state index in [9.17, 15) is 4.79 Å². The number of carbonyl (C=O) groups is 1. The minimum absolute atomic E-state index is 0.0749. The number of halogens is 1. The zero-order valence-corrected chi connectivity index (χ0v) is 13.0. The summed E-state index contributed by atoms with van der Waals surface area (Å²) in [6, 6.07) is 6.01. The van der Waals surface area contributed by atoms with Crippen LogP contribution in [0.15, 0.2) is 22.7 Å². The van der Waals surface area contributed by atoms with Gasteiger partial charge in [-0.1, -0.05) is 22.0 Å². The van der Waals surface area contributed by atoms with Crippen molar-refractivity contribution < 1.29 is 4.79 Å². The van der Waals surface area contributed by atoms with Gasteiger partial charge in [0.2, 0.25) is 5.91 Å². The van der Waals surface area contributed by atoms with Crippen molar-refractivity contribution in [3.8, 4) is 0 Å². The van der Waals surface area contributed by atoms with Gasteiger partial charge in [0.05, 0.1) is 6.04 Å². The van der Waals surface area contributed by atoms with E-state index in [-0.39, 0.29) is 11.9 Å². The number of likely N-dealkylation sites (N-methyl/N-ethyl adjacent to an activating group) is 1. The number of piperazine rings is 1. The molecule has 1 fully saturated rings. The van der Waals surface area contributed by atoms with Crippen LogP contribution >= 0.6 is 15.9 Å². The maximum atomic E-state index is 12.1. The van der Waals surface area contributed by atoms with Gasteiger partial charge >= 0.3 is 0 Å². The van der Waals surface area contributed by atoms with Crippen molar-refractivity contribution in [2.45, 2.75) is 19.5 Å². The van der Waals surface area contributed by atoms with Crippen molar-refractivity contribution >= 4 is 21.8 Å². The minimum atomic E-state index is -0.105. The molecule has 104 valence electrons. The Morgan fingerprint density at radius 3 is 3.11 bits per heavy atom. The highest BCUT2D eigenvalue weighted by atomic mass is 79.9. The third kappa shape index (κ3) is 4.03. The molecule has 1 aromatic carbocycles. The molecule has 0 aromatic heterocycles. The summed E-state index contributed by atoms with van der Waals surface area (Å²) < 4.78 is 1.04. The molecule has 0 saturated carbocycles. The fraction of sp³-hybridized carbons (Fsp3) is 0.500. The Morgan fingerprint density at radius 2 is 2.37 bits per heavy atom. The second kappa shape index (κ2) is 6.50. The minimum Gasteiger partial charge on any atom is -0.351 e. The van der Waals surface area contributed by atoms with Crippen LogP contribution < -0.4 is 10.6 Å². The molecule has 1 heterocycles. The largest absolute Gasteiger partial charge is 0.351 e. The molecule has 0 bridgehead atoms. The summed E-state index contributed by atoms with van der Waals surface area (Å²) >= 11 is 3.46. The average Bonchev–Trinajstić information content (AvgIpc) is 2.39. The Bertz CT molecular complexity index is 464. The second-order valence-corrected chi connectivity index (χ2v) is 5.97. The fourth-order valence-corrected chi connectivity index (χ4v) is 2.62. The van der Waals surface area contributed by atoms with Crippen LogP contribution in [0.25, 0.3) is 0 Å². The molecule has 19 heavy (non-hydrogen) atoms. The van der Waals surface area contributed by atoms with Gasteiger partial charge in [-0.2, -0.15) is 0 Å². The lowest BCUT2D eigenvalue weighted by molar-refractivity contribution is -0.124. The van der Waals surface area contributed by atoms with Crippen LogP contribution in [-0.2, 0) is 11.3 Å². The molecule has 1 aliphatic rings. The highest BCUT2D eigenvalue weighted by Gasteiger charge is 2.22. The molecule has 5 heteroatoms. The van der Waals surface area contributed by atoms with Crippen LogP contribution in [0.5, 0.6) is 0 Å². The van der Waals surface area contributed by atoms with Crippen molar-refractivity contribution in [2.24, 2.45) is 0 Å². The van der Waals surface area contributed by atoms with Crippen molar-refractivity contribution in [3.63, 3.8) is 0 Å². The Hall–Kier alpha value is -0.910. The average molecular weight is 326 g/mol. The molecule has 4 nitrogen and oxygen atoms in total. The summed E-state index contributed by atoms with van der Waals surface area (Å²) in [7, 11) is 2.04. The van der Waals surface area contributed by atoms with Gasteiger partial charge in [0, 0.05) is 30.7 Å². The summed E-state index contributed by atoms with van der Waals surface area (Å²) in [6.45, 7) is 5.26. The van der Waals surface area contributed by atoms with Gasteiger partial charge in [0.15, 0.2) is 0 Å². The fourth-order valence-electron chi connectivity index (χ4n) is 2.21. The first kappa shape index (κ1) is 14.5. The maximum absolute atomic E-state index is 12.1. The molecule has 1 amide bonds. The first-order valence-electron chi connectivity index (χ1n) is 6.51. The summed E-state index contributed by atoms with van der Waals surface area (Å²) in [5.74, 6) is 0.0749. The lowest BCUT2D eigenvalue weighted by Crippen LogP contribution is -2.55. The standard InChI is InChI=1S/C14H20BrN3O/c1-10-3-4-12(15)7-11(10)8-17-14(19)13-9-18(2)6-5-16-13/h3-4,7,13,16H,5-6,8-9H2,1-2H3,(H,17,19). The van der Waals surface area contributed by atoms with Gasteiger partial charge in [-0.05, 0) is 37.2 Å². The monoisotopic (exact) mass is 325 g/mol. The summed E-state index contributed by atoms with van der Waals surface area (Å²) in [6.07, 6.45) is 0. The van der Waals surface area contributed by atoms with E-state index in [1.54, 1.807) is 0 Å². The lowest BCUT2D eigenvalue weighted by Gasteiger charge is -2.30. The van der Waals surface area contributed by atoms with E-state index in [4.69, 9.17) is 0 Å². The zero-order chi connectivity index (χ0) is 13.8. The molecule has 0 aliphatic carbocycles. The summed E-state index contributed by atoms with van der Waals surface area (Å²) in [5, 5.41) is 6.26. The van der Waals surface area contributed by atoms with Crippen molar-refractivity contribution in [1.82, 2.24) is 15.5 Å². The predicted octanol–water partition coefficient (Wildman–Crippen LogP) is 1.28. The first-order valence-corrected chi connectivity index (χ1v) is 7.30. The molecule has 1 atom stereocenters. The molecule has 1 unspecified atom stereocenters. The molecule has 0 radical (unpaired) electrons. The molecule has 1 aromatic rings. The Morgan fingerprint density at radius 1 is 1.58 bits per heavy atom. The van der Waals surface area contributed by atoms with Gasteiger partial charge in [-0.3, -0.25) is 4.79 Å². The maximum Gasteiger partial charge on any atom is 0.238 e. The second-order valence-electron chi connectivity index (χ2n) is 5.06. The summed E-state index contributed by atoms with van der Waals surface area (Å²) in [5.41, 5.74) is 2.34. The van der Waals surface area contributed by atoms with E-state index in [2.05, 4.69) is 50.5 Å². The van der Waals surface area contributed by atoms with Crippen molar-refractivity contribution in [1.29, 1.82) is 0 Å². The number of nitrogens with zero attached hydrogens (tertiary/aromatic N) is 1. The van der Waals surface area contributed by atoms with E-state index in [0.717, 1.165) is 29.7 Å². The predicted molar refractivity (Wildman–Crippen MR) is 80.0 cm³/mol. The van der Waals surface area contributed by atoms with Gasteiger partial charge in [0.25, 0.3) is 0 Å². The quantitative estimate of drug-likeness (QED) is 0.879. The number of hydrogen-bond acceptors (Lipinski definition) is 3. The Balaban J connectivity index is 1.91. The van der Waals surface area contributed by atoms with Gasteiger partial charge < -0.3 is 15.5 Å². The Kier molecular flexibility index (Phi) is 4.96. The molecule has 0 spiro atoms. The van der Waals surface area contributed by atoms with Gasteiger partial charge in [-0.15, -0.1) is 0 Å². The highest BCUT2D eigenvalue weighted by molar-refractivity contribution is 9.10. The number of nitrogens with one attached hydrogen (secondary N) is 2. The van der Waals surface area contributed by atoms with Gasteiger partial charge in [0.1, 0.15) is 0 Å². The molecular weight excluding hydrogens is 306 g/mol. The zero-order valence-electron chi connectivity index (χ0n) is 11.4. The number of carbonyl (C=O) groups excluding carboxylic acids is 1. The number of aryl methyl sites for hydroxylation is 1. The van der Waals surface area contributed by atoms with Crippen LogP contribution in [0.2, 0.25) is 0 Å². The van der Waals surface area contributed by atoms with E-state index >= 15 is 0 Å². The molecule has 1 aliphatic heterocycles. The molecule has 2 rings (SSSR count). The molecule has 2 N–H and O–H groups in total. The normalized spacial score (nSPS) is 20.3. The van der Waals surface area contributed by atoms with Crippen molar-refractivity contribution in [2.75, 3.05) is 26.7 Å². The van der Waals surface area contributed by atoms with Crippen LogP contribution in [0, 0.1) is 6.92 Å². The number of hydrogen-bond donors (Lipinski definition) is 2. The smallest absolute Gasteiger partial charge is 0.238 e. The SMILES string of the molecule is Cc1ccc(Br)cc1CNC(=O)C1CN(C)CCN1. The highest BCUT2D eigenvalue weighted by Crippen LogP contribution is 2.15. The summed E-state index contributed by atoms with van der Waals surface area (Å²) in [4.78, 5) is 14.3.